The largest absolute Gasteiger partial charge is 0.508 e. The van der Waals surface area contributed by atoms with Crippen LogP contribution >= 0.6 is 0 Å². The summed E-state index contributed by atoms with van der Waals surface area (Å²) in [7, 11) is 0. The standard InChI is InChI=1S/C15H16N2O4/c1-2-21-15-9-12(7-8-13(15)17(19)20)16-10-11-5-3-4-6-14(11)18/h3-9,16,18H,2,10H2,1H3. The molecule has 0 atom stereocenters. The van der Waals surface area contributed by atoms with E-state index >= 15 is 0 Å². The molecule has 0 radical (unpaired) electrons. The first-order chi connectivity index (χ1) is 10.1. The molecule has 0 saturated carbocycles. The molecule has 110 valence electrons. The zero-order valence-electron chi connectivity index (χ0n) is 11.6. The number of hydrogen-bond acceptors (Lipinski definition) is 5. The van der Waals surface area contributed by atoms with Crippen molar-refractivity contribution in [1.82, 2.24) is 0 Å². The maximum atomic E-state index is 10.9. The SMILES string of the molecule is CCOc1cc(NCc2ccccc2O)ccc1[N+](=O)[O-]. The summed E-state index contributed by atoms with van der Waals surface area (Å²) in [5.41, 5.74) is 1.37. The Kier molecular flexibility index (Phi) is 4.61. The van der Waals surface area contributed by atoms with E-state index in [0.29, 0.717) is 18.8 Å². The van der Waals surface area contributed by atoms with E-state index < -0.39 is 4.92 Å². The molecule has 0 saturated heterocycles. The Morgan fingerprint density at radius 1 is 1.29 bits per heavy atom. The lowest BCUT2D eigenvalue weighted by molar-refractivity contribution is -0.385. The Balaban J connectivity index is 2.15. The highest BCUT2D eigenvalue weighted by Gasteiger charge is 2.15. The second-order valence-electron chi connectivity index (χ2n) is 4.35. The Morgan fingerprint density at radius 2 is 2.05 bits per heavy atom. The topological polar surface area (TPSA) is 84.6 Å². The second kappa shape index (κ2) is 6.60. The van der Waals surface area contributed by atoms with Crippen LogP contribution in [-0.2, 0) is 6.54 Å². The molecule has 2 aromatic rings. The number of nitrogens with zero attached hydrogens (tertiary/aromatic N) is 1. The summed E-state index contributed by atoms with van der Waals surface area (Å²) in [6.45, 7) is 2.53. The van der Waals surface area contributed by atoms with Gasteiger partial charge in [-0.2, -0.15) is 0 Å². The number of nitro benzene ring substituents is 1. The van der Waals surface area contributed by atoms with Crippen LogP contribution in [0.2, 0.25) is 0 Å². The number of para-hydroxylation sites is 1. The number of nitro groups is 1. The van der Waals surface area contributed by atoms with Crippen LogP contribution < -0.4 is 10.1 Å². The van der Waals surface area contributed by atoms with Crippen molar-refractivity contribution in [1.29, 1.82) is 0 Å². The van der Waals surface area contributed by atoms with Gasteiger partial charge in [-0.05, 0) is 19.1 Å². The molecule has 0 heterocycles. The average Bonchev–Trinajstić information content (AvgIpc) is 2.46. The van der Waals surface area contributed by atoms with Gasteiger partial charge in [0, 0.05) is 29.9 Å². The van der Waals surface area contributed by atoms with Crippen LogP contribution in [0.4, 0.5) is 11.4 Å². The molecule has 0 aliphatic rings. The molecule has 0 aliphatic carbocycles. The van der Waals surface area contributed by atoms with Gasteiger partial charge in [-0.15, -0.1) is 0 Å². The number of nitrogens with one attached hydrogen (secondary N) is 1. The zero-order chi connectivity index (χ0) is 15.2. The van der Waals surface area contributed by atoms with Gasteiger partial charge in [-0.1, -0.05) is 18.2 Å². The van der Waals surface area contributed by atoms with Gasteiger partial charge in [0.25, 0.3) is 0 Å². The monoisotopic (exact) mass is 288 g/mol. The normalized spacial score (nSPS) is 10.1. The first kappa shape index (κ1) is 14.6. The van der Waals surface area contributed by atoms with E-state index in [4.69, 9.17) is 4.74 Å². The maximum absolute atomic E-state index is 10.9. The number of rotatable bonds is 6. The predicted octanol–water partition coefficient (Wildman–Crippen LogP) is 3.31. The van der Waals surface area contributed by atoms with Crippen molar-refractivity contribution in [2.24, 2.45) is 0 Å². The van der Waals surface area contributed by atoms with E-state index in [1.807, 2.05) is 6.07 Å². The molecule has 0 unspecified atom stereocenters. The summed E-state index contributed by atoms with van der Waals surface area (Å²) in [5, 5.41) is 23.7. The number of benzene rings is 2. The molecule has 2 aromatic carbocycles. The van der Waals surface area contributed by atoms with Crippen LogP contribution in [0.5, 0.6) is 11.5 Å². The first-order valence-electron chi connectivity index (χ1n) is 6.53. The fourth-order valence-corrected chi connectivity index (χ4v) is 1.90. The van der Waals surface area contributed by atoms with E-state index in [0.717, 1.165) is 5.56 Å². The third-order valence-electron chi connectivity index (χ3n) is 2.93. The molecular weight excluding hydrogens is 272 g/mol. The predicted molar refractivity (Wildman–Crippen MR) is 79.7 cm³/mol. The molecule has 0 amide bonds. The van der Waals surface area contributed by atoms with E-state index in [-0.39, 0.29) is 17.2 Å². The van der Waals surface area contributed by atoms with E-state index in [9.17, 15) is 15.2 Å². The van der Waals surface area contributed by atoms with Gasteiger partial charge < -0.3 is 15.2 Å². The van der Waals surface area contributed by atoms with Crippen LogP contribution in [-0.4, -0.2) is 16.6 Å². The minimum absolute atomic E-state index is 0.0649. The van der Waals surface area contributed by atoms with Crippen LogP contribution in [0.25, 0.3) is 0 Å². The van der Waals surface area contributed by atoms with Crippen molar-refractivity contribution in [3.8, 4) is 11.5 Å². The lowest BCUT2D eigenvalue weighted by Gasteiger charge is -2.10. The van der Waals surface area contributed by atoms with Crippen LogP contribution in [0.15, 0.2) is 42.5 Å². The molecule has 6 heteroatoms. The quantitative estimate of drug-likeness (QED) is 0.629. The maximum Gasteiger partial charge on any atom is 0.311 e. The van der Waals surface area contributed by atoms with Gasteiger partial charge >= 0.3 is 5.69 Å². The zero-order valence-corrected chi connectivity index (χ0v) is 11.6. The highest BCUT2D eigenvalue weighted by molar-refractivity contribution is 5.58. The number of anilines is 1. The molecule has 0 aromatic heterocycles. The van der Waals surface area contributed by atoms with Crippen molar-refractivity contribution in [3.63, 3.8) is 0 Å². The lowest BCUT2D eigenvalue weighted by atomic mass is 10.2. The van der Waals surface area contributed by atoms with Gasteiger partial charge in [0.1, 0.15) is 5.75 Å². The molecule has 2 rings (SSSR count). The highest BCUT2D eigenvalue weighted by Crippen LogP contribution is 2.30. The van der Waals surface area contributed by atoms with Crippen LogP contribution in [0.1, 0.15) is 12.5 Å². The third kappa shape index (κ3) is 3.62. The Labute approximate surface area is 122 Å². The molecular formula is C15H16N2O4. The Morgan fingerprint density at radius 3 is 2.71 bits per heavy atom. The van der Waals surface area contributed by atoms with Crippen molar-refractivity contribution in [2.45, 2.75) is 13.5 Å². The summed E-state index contributed by atoms with van der Waals surface area (Å²) in [6, 6.07) is 11.6. The Bertz CT molecular complexity index is 643. The minimum Gasteiger partial charge on any atom is -0.508 e. The summed E-state index contributed by atoms with van der Waals surface area (Å²) in [4.78, 5) is 10.4. The van der Waals surface area contributed by atoms with Crippen LogP contribution in [0, 0.1) is 10.1 Å². The summed E-state index contributed by atoms with van der Waals surface area (Å²) < 4.78 is 5.28. The summed E-state index contributed by atoms with van der Waals surface area (Å²) >= 11 is 0. The number of phenols is 1. The van der Waals surface area contributed by atoms with E-state index in [2.05, 4.69) is 5.32 Å². The second-order valence-corrected chi connectivity index (χ2v) is 4.35. The smallest absolute Gasteiger partial charge is 0.311 e. The van der Waals surface area contributed by atoms with Gasteiger partial charge in [-0.3, -0.25) is 10.1 Å². The molecule has 0 spiro atoms. The fraction of sp³-hybridized carbons (Fsp3) is 0.200. The van der Waals surface area contributed by atoms with Gasteiger partial charge in [0.2, 0.25) is 0 Å². The minimum atomic E-state index is -0.474. The lowest BCUT2D eigenvalue weighted by Crippen LogP contribution is -2.02. The number of hydrogen-bond donors (Lipinski definition) is 2. The molecule has 0 aliphatic heterocycles. The van der Waals surface area contributed by atoms with Gasteiger partial charge in [-0.25, -0.2) is 0 Å². The van der Waals surface area contributed by atoms with E-state index in [1.54, 1.807) is 37.3 Å². The van der Waals surface area contributed by atoms with E-state index in [1.165, 1.54) is 6.07 Å². The summed E-state index contributed by atoms with van der Waals surface area (Å²) in [5.74, 6) is 0.432. The number of aromatic hydroxyl groups is 1. The Hall–Kier alpha value is -2.76. The molecule has 2 N–H and O–H groups in total. The average molecular weight is 288 g/mol. The van der Waals surface area contributed by atoms with Crippen molar-refractivity contribution < 1.29 is 14.8 Å². The molecule has 0 bridgehead atoms. The number of ether oxygens (including phenoxy) is 1. The fourth-order valence-electron chi connectivity index (χ4n) is 1.90. The van der Waals surface area contributed by atoms with Crippen molar-refractivity contribution in [3.05, 3.63) is 58.1 Å². The van der Waals surface area contributed by atoms with Gasteiger partial charge in [0.05, 0.1) is 11.5 Å². The third-order valence-corrected chi connectivity index (χ3v) is 2.93. The highest BCUT2D eigenvalue weighted by atomic mass is 16.6. The summed E-state index contributed by atoms with van der Waals surface area (Å²) in [6.07, 6.45) is 0. The van der Waals surface area contributed by atoms with Crippen LogP contribution in [0.3, 0.4) is 0 Å². The van der Waals surface area contributed by atoms with Crippen molar-refractivity contribution >= 4 is 11.4 Å². The first-order valence-corrected chi connectivity index (χ1v) is 6.53. The molecule has 0 fully saturated rings. The van der Waals surface area contributed by atoms with Gasteiger partial charge in [0.15, 0.2) is 5.75 Å². The number of phenolic OH excluding ortho intramolecular Hbond substituents is 1. The van der Waals surface area contributed by atoms with Crippen molar-refractivity contribution in [2.75, 3.05) is 11.9 Å². The molecule has 21 heavy (non-hydrogen) atoms. The molecule has 6 nitrogen and oxygen atoms in total.